The van der Waals surface area contributed by atoms with Crippen molar-refractivity contribution >= 4 is 0 Å². The quantitative estimate of drug-likeness (QED) is 0.762. The number of aliphatic hydroxyl groups is 1. The van der Waals surface area contributed by atoms with E-state index in [1.807, 2.05) is 0 Å². The van der Waals surface area contributed by atoms with Crippen molar-refractivity contribution < 1.29 is 31.4 Å². The molecule has 0 spiro atoms. The minimum Gasteiger partial charge on any atom is -0.388 e. The van der Waals surface area contributed by atoms with Crippen molar-refractivity contribution in [2.45, 2.75) is 18.5 Å². The molecule has 1 atom stereocenters. The molecule has 0 fully saturated rings. The number of aliphatic hydroxyl groups excluding tert-OH is 1. The summed E-state index contributed by atoms with van der Waals surface area (Å²) in [4.78, 5) is 0. The zero-order valence-electron chi connectivity index (χ0n) is 8.23. The molecule has 1 unspecified atom stereocenters. The Kier molecular flexibility index (Phi) is 3.42. The zero-order chi connectivity index (χ0) is 13.4. The Labute approximate surface area is 92.7 Å². The summed E-state index contributed by atoms with van der Waals surface area (Å²) in [6, 6.07) is 0.867. The first-order chi connectivity index (χ1) is 7.51. The van der Waals surface area contributed by atoms with E-state index in [9.17, 15) is 26.3 Å². The minimum absolute atomic E-state index is 0.00806. The Hall–Kier alpha value is -1.24. The third-order valence-corrected chi connectivity index (χ3v) is 1.99. The third kappa shape index (κ3) is 3.36. The molecule has 0 aliphatic heterocycles. The van der Waals surface area contributed by atoms with Crippen LogP contribution in [0.5, 0.6) is 0 Å². The second kappa shape index (κ2) is 4.21. The van der Waals surface area contributed by atoms with Crippen LogP contribution in [-0.2, 0) is 12.4 Å². The van der Waals surface area contributed by atoms with Crippen molar-refractivity contribution in [3.05, 3.63) is 41.8 Å². The van der Waals surface area contributed by atoms with Gasteiger partial charge in [-0.3, -0.25) is 0 Å². The monoisotopic (exact) mass is 257 g/mol. The maximum atomic E-state index is 12.3. The second-order valence-corrected chi connectivity index (χ2v) is 3.36. The highest BCUT2D eigenvalue weighted by atomic mass is 19.4. The van der Waals surface area contributed by atoms with E-state index in [1.165, 1.54) is 0 Å². The molecule has 0 heterocycles. The number of hydrogen-bond acceptors (Lipinski definition) is 1. The van der Waals surface area contributed by atoms with Gasteiger partial charge in [0, 0.05) is 0 Å². The van der Waals surface area contributed by atoms with Gasteiger partial charge >= 0.3 is 12.4 Å². The predicted octanol–water partition coefficient (Wildman–Crippen LogP) is 3.59. The Morgan fingerprint density at radius 3 is 1.47 bits per heavy atom. The first kappa shape index (κ1) is 13.8. The van der Waals surface area contributed by atoms with E-state index < -0.39 is 35.1 Å². The van der Waals surface area contributed by atoms with E-state index in [2.05, 4.69) is 6.92 Å². The smallest absolute Gasteiger partial charge is 0.388 e. The number of rotatable bonds is 1. The Bertz CT molecular complexity index is 372. The molecular weight excluding hydrogens is 250 g/mol. The molecule has 0 aromatic heterocycles. The van der Waals surface area contributed by atoms with Crippen molar-refractivity contribution in [1.82, 2.24) is 0 Å². The zero-order valence-corrected chi connectivity index (χ0v) is 8.23. The van der Waals surface area contributed by atoms with Gasteiger partial charge in [-0.25, -0.2) is 0 Å². The molecule has 0 aliphatic carbocycles. The summed E-state index contributed by atoms with van der Waals surface area (Å²) in [6.07, 6.45) is -11.5. The van der Waals surface area contributed by atoms with Gasteiger partial charge in [-0.2, -0.15) is 26.3 Å². The van der Waals surface area contributed by atoms with E-state index in [0.29, 0.717) is 12.1 Å². The fourth-order valence-electron chi connectivity index (χ4n) is 1.17. The molecule has 0 aliphatic rings. The van der Waals surface area contributed by atoms with Crippen LogP contribution in [-0.4, -0.2) is 5.11 Å². The van der Waals surface area contributed by atoms with Crippen molar-refractivity contribution in [3.8, 4) is 0 Å². The van der Waals surface area contributed by atoms with Crippen LogP contribution in [0.2, 0.25) is 0 Å². The van der Waals surface area contributed by atoms with Gasteiger partial charge < -0.3 is 5.11 Å². The highest BCUT2D eigenvalue weighted by Gasteiger charge is 2.37. The molecule has 1 aromatic carbocycles. The minimum atomic E-state index is -4.91. The van der Waals surface area contributed by atoms with Gasteiger partial charge in [0.05, 0.1) is 17.2 Å². The number of halogens is 6. The maximum Gasteiger partial charge on any atom is 0.416 e. The number of benzene rings is 1. The van der Waals surface area contributed by atoms with E-state index in [1.54, 1.807) is 0 Å². The predicted molar refractivity (Wildman–Crippen MR) is 46.8 cm³/mol. The van der Waals surface area contributed by atoms with Gasteiger partial charge in [0.1, 0.15) is 0 Å². The van der Waals surface area contributed by atoms with E-state index >= 15 is 0 Å². The Balaban J connectivity index is 3.40. The largest absolute Gasteiger partial charge is 0.416 e. The fourth-order valence-corrected chi connectivity index (χ4v) is 1.17. The summed E-state index contributed by atoms with van der Waals surface area (Å²) in [7, 11) is 0. The van der Waals surface area contributed by atoms with Crippen LogP contribution in [0.15, 0.2) is 18.2 Å². The van der Waals surface area contributed by atoms with Crippen molar-refractivity contribution in [2.75, 3.05) is 0 Å². The first-order valence-electron chi connectivity index (χ1n) is 4.32. The molecule has 7 heteroatoms. The van der Waals surface area contributed by atoms with E-state index in [0.717, 1.165) is 0 Å². The lowest BCUT2D eigenvalue weighted by Gasteiger charge is -2.15. The molecule has 17 heavy (non-hydrogen) atoms. The SMILES string of the molecule is [CH2]C(O)c1cc(C(F)(F)F)cc(C(F)(F)F)c1. The topological polar surface area (TPSA) is 20.2 Å². The highest BCUT2D eigenvalue weighted by molar-refractivity contribution is 5.35. The second-order valence-electron chi connectivity index (χ2n) is 3.36. The molecule has 1 N–H and O–H groups in total. The summed E-state index contributed by atoms with van der Waals surface area (Å²) >= 11 is 0. The van der Waals surface area contributed by atoms with Gasteiger partial charge in [0.2, 0.25) is 0 Å². The van der Waals surface area contributed by atoms with Crippen LogP contribution in [0.3, 0.4) is 0 Å². The van der Waals surface area contributed by atoms with Gasteiger partial charge in [-0.1, -0.05) is 0 Å². The standard InChI is InChI=1S/C10H7F6O/c1-5(17)6-2-7(9(11,12)13)4-8(3-6)10(14,15)16/h2-5,17H,1H2. The summed E-state index contributed by atoms with van der Waals surface area (Å²) in [5.74, 6) is 0. The highest BCUT2D eigenvalue weighted by Crippen LogP contribution is 2.37. The molecule has 1 nitrogen and oxygen atoms in total. The first-order valence-corrected chi connectivity index (χ1v) is 4.32. The molecule has 1 rings (SSSR count). The van der Waals surface area contributed by atoms with E-state index in [-0.39, 0.29) is 6.07 Å². The van der Waals surface area contributed by atoms with Gasteiger partial charge in [-0.05, 0) is 30.7 Å². The third-order valence-electron chi connectivity index (χ3n) is 1.99. The lowest BCUT2D eigenvalue weighted by molar-refractivity contribution is -0.143. The van der Waals surface area contributed by atoms with Crippen molar-refractivity contribution in [1.29, 1.82) is 0 Å². The molecule has 1 aromatic rings. The average Bonchev–Trinajstić information content (AvgIpc) is 2.14. The van der Waals surface area contributed by atoms with E-state index in [4.69, 9.17) is 5.11 Å². The molecule has 0 saturated heterocycles. The molecule has 1 radical (unpaired) electrons. The summed E-state index contributed by atoms with van der Waals surface area (Å²) in [5, 5.41) is 8.96. The van der Waals surface area contributed by atoms with Crippen LogP contribution in [0.4, 0.5) is 26.3 Å². The van der Waals surface area contributed by atoms with Crippen molar-refractivity contribution in [2.24, 2.45) is 0 Å². The Morgan fingerprint density at radius 1 is 0.882 bits per heavy atom. The van der Waals surface area contributed by atoms with Gasteiger partial charge in [0.25, 0.3) is 0 Å². The number of hydrogen-bond donors (Lipinski definition) is 1. The molecule has 0 amide bonds. The van der Waals surface area contributed by atoms with Crippen LogP contribution < -0.4 is 0 Å². The maximum absolute atomic E-state index is 12.3. The van der Waals surface area contributed by atoms with Gasteiger partial charge in [-0.15, -0.1) is 0 Å². The normalized spacial score (nSPS) is 14.8. The number of alkyl halides is 6. The van der Waals surface area contributed by atoms with Gasteiger partial charge in [0.15, 0.2) is 0 Å². The van der Waals surface area contributed by atoms with Crippen LogP contribution in [0.1, 0.15) is 22.8 Å². The molecule has 0 saturated carbocycles. The van der Waals surface area contributed by atoms with Crippen LogP contribution in [0.25, 0.3) is 0 Å². The summed E-state index contributed by atoms with van der Waals surface area (Å²) in [5.41, 5.74) is -3.47. The van der Waals surface area contributed by atoms with Crippen molar-refractivity contribution in [3.63, 3.8) is 0 Å². The fraction of sp³-hybridized carbons (Fsp3) is 0.300. The van der Waals surface area contributed by atoms with Crippen LogP contribution in [0, 0.1) is 6.92 Å². The molecule has 95 valence electrons. The Morgan fingerprint density at radius 2 is 1.24 bits per heavy atom. The lowest BCUT2D eigenvalue weighted by atomic mass is 10.0. The molecular formula is C10H7F6O. The summed E-state index contributed by atoms with van der Waals surface area (Å²) in [6.45, 7) is 2.98. The molecule has 0 bridgehead atoms. The van der Waals surface area contributed by atoms with Crippen LogP contribution >= 0.6 is 0 Å². The average molecular weight is 257 g/mol. The summed E-state index contributed by atoms with van der Waals surface area (Å²) < 4.78 is 74.0. The lowest BCUT2D eigenvalue weighted by Crippen LogP contribution is -2.12.